The Bertz CT molecular complexity index is 310. The highest BCUT2D eigenvalue weighted by Crippen LogP contribution is 2.36. The minimum atomic E-state index is 0.576. The summed E-state index contributed by atoms with van der Waals surface area (Å²) in [5.74, 6) is 0.726. The highest BCUT2D eigenvalue weighted by atomic mass is 32.1. The zero-order chi connectivity index (χ0) is 12.8. The third kappa shape index (κ3) is 3.31. The van der Waals surface area contributed by atoms with Crippen LogP contribution in [0.15, 0.2) is 11.7 Å². The van der Waals surface area contributed by atoms with Crippen LogP contribution < -0.4 is 5.32 Å². The van der Waals surface area contributed by atoms with Gasteiger partial charge < -0.3 is 5.32 Å². The van der Waals surface area contributed by atoms with Crippen LogP contribution in [0, 0.1) is 5.92 Å². The van der Waals surface area contributed by atoms with Crippen molar-refractivity contribution in [3.8, 4) is 0 Å². The number of hydrogen-bond donors (Lipinski definition) is 1. The largest absolute Gasteiger partial charge is 0.319 e. The molecule has 1 saturated heterocycles. The van der Waals surface area contributed by atoms with E-state index in [1.807, 2.05) is 16.8 Å². The molecule has 1 aromatic heterocycles. The quantitative estimate of drug-likeness (QED) is 0.889. The fraction of sp³-hybridized carbons (Fsp3) is 0.786. The number of aromatic nitrogens is 1. The van der Waals surface area contributed by atoms with Crippen molar-refractivity contribution < 1.29 is 0 Å². The summed E-state index contributed by atoms with van der Waals surface area (Å²) in [5, 5.41) is 3.38. The first-order valence-electron chi connectivity index (χ1n) is 7.13. The summed E-state index contributed by atoms with van der Waals surface area (Å²) < 4.78 is 0. The lowest BCUT2D eigenvalue weighted by Gasteiger charge is -2.34. The van der Waals surface area contributed by atoms with E-state index in [-0.39, 0.29) is 0 Å². The lowest BCUT2D eigenvalue weighted by molar-refractivity contribution is 0.157. The molecule has 4 heteroatoms. The van der Waals surface area contributed by atoms with E-state index in [1.54, 1.807) is 0 Å². The molecule has 2 unspecified atom stereocenters. The number of hydrogen-bond acceptors (Lipinski definition) is 4. The van der Waals surface area contributed by atoms with Crippen molar-refractivity contribution in [2.75, 3.05) is 26.7 Å². The predicted molar refractivity (Wildman–Crippen MR) is 78.0 cm³/mol. The third-order valence-electron chi connectivity index (χ3n) is 3.83. The van der Waals surface area contributed by atoms with Crippen LogP contribution in [0.4, 0.5) is 0 Å². The number of rotatable bonds is 5. The maximum Gasteiger partial charge on any atom is 0.0794 e. The van der Waals surface area contributed by atoms with Crippen LogP contribution in [0.5, 0.6) is 0 Å². The fourth-order valence-corrected chi connectivity index (χ4v) is 3.96. The van der Waals surface area contributed by atoms with Gasteiger partial charge in [-0.3, -0.25) is 9.88 Å². The smallest absolute Gasteiger partial charge is 0.0794 e. The van der Waals surface area contributed by atoms with Crippen LogP contribution in [0.25, 0.3) is 0 Å². The maximum atomic E-state index is 4.29. The maximum absolute atomic E-state index is 4.29. The van der Waals surface area contributed by atoms with Crippen LogP contribution in [-0.2, 0) is 0 Å². The summed E-state index contributed by atoms with van der Waals surface area (Å²) in [7, 11) is 2.07. The molecule has 0 aromatic carbocycles. The Morgan fingerprint density at radius 1 is 1.50 bits per heavy atom. The van der Waals surface area contributed by atoms with Gasteiger partial charge in [-0.2, -0.15) is 0 Å². The van der Waals surface area contributed by atoms with Crippen molar-refractivity contribution in [3.05, 3.63) is 16.6 Å². The molecule has 1 fully saturated rings. The molecule has 102 valence electrons. The van der Waals surface area contributed by atoms with E-state index in [4.69, 9.17) is 0 Å². The van der Waals surface area contributed by atoms with Crippen molar-refractivity contribution in [3.63, 3.8) is 0 Å². The second kappa shape index (κ2) is 7.22. The van der Waals surface area contributed by atoms with Gasteiger partial charge in [0.2, 0.25) is 0 Å². The Labute approximate surface area is 115 Å². The average molecular weight is 267 g/mol. The predicted octanol–water partition coefficient (Wildman–Crippen LogP) is 2.92. The molecule has 0 amide bonds. The summed E-state index contributed by atoms with van der Waals surface area (Å²) in [5.41, 5.74) is 1.97. The highest BCUT2D eigenvalue weighted by Gasteiger charge is 2.31. The number of thiazole rings is 1. The molecule has 1 aromatic rings. The zero-order valence-electron chi connectivity index (χ0n) is 11.6. The minimum Gasteiger partial charge on any atom is -0.319 e. The SMILES string of the molecule is CCCN1CCCCC(CNC)C1c1cncs1. The van der Waals surface area contributed by atoms with Crippen LogP contribution in [0.1, 0.15) is 43.5 Å². The van der Waals surface area contributed by atoms with Gasteiger partial charge in [0.1, 0.15) is 0 Å². The van der Waals surface area contributed by atoms with Gasteiger partial charge in [-0.15, -0.1) is 11.3 Å². The van der Waals surface area contributed by atoms with E-state index < -0.39 is 0 Å². The zero-order valence-corrected chi connectivity index (χ0v) is 12.4. The summed E-state index contributed by atoms with van der Waals surface area (Å²) in [6.07, 6.45) is 7.36. The first kappa shape index (κ1) is 14.0. The Kier molecular flexibility index (Phi) is 5.60. The molecule has 2 atom stereocenters. The standard InChI is InChI=1S/C14H25N3S/c1-3-7-17-8-5-4-6-12(9-15-2)14(17)13-10-16-11-18-13/h10-12,14-15H,3-9H2,1-2H3. The molecule has 2 heterocycles. The minimum absolute atomic E-state index is 0.576. The summed E-state index contributed by atoms with van der Waals surface area (Å²) >= 11 is 1.82. The summed E-state index contributed by atoms with van der Waals surface area (Å²) in [6, 6.07) is 0.576. The Morgan fingerprint density at radius 3 is 3.06 bits per heavy atom. The van der Waals surface area contributed by atoms with Crippen molar-refractivity contribution in [2.45, 2.75) is 38.6 Å². The van der Waals surface area contributed by atoms with Crippen LogP contribution in [0.3, 0.4) is 0 Å². The third-order valence-corrected chi connectivity index (χ3v) is 4.68. The number of nitrogens with one attached hydrogen (secondary N) is 1. The van der Waals surface area contributed by atoms with E-state index in [9.17, 15) is 0 Å². The van der Waals surface area contributed by atoms with Gasteiger partial charge in [-0.25, -0.2) is 0 Å². The lowest BCUT2D eigenvalue weighted by atomic mass is 9.93. The van der Waals surface area contributed by atoms with Gasteiger partial charge in [0.25, 0.3) is 0 Å². The highest BCUT2D eigenvalue weighted by molar-refractivity contribution is 7.09. The van der Waals surface area contributed by atoms with Crippen molar-refractivity contribution >= 4 is 11.3 Å². The molecule has 0 saturated carbocycles. The van der Waals surface area contributed by atoms with Gasteiger partial charge >= 0.3 is 0 Å². The average Bonchev–Trinajstić information content (AvgIpc) is 2.81. The van der Waals surface area contributed by atoms with Crippen molar-refractivity contribution in [1.82, 2.24) is 15.2 Å². The van der Waals surface area contributed by atoms with Gasteiger partial charge in [0.15, 0.2) is 0 Å². The van der Waals surface area contributed by atoms with Crippen LogP contribution in [-0.4, -0.2) is 36.6 Å². The molecule has 1 aliphatic heterocycles. The molecule has 1 aliphatic rings. The Hall–Kier alpha value is -0.450. The molecule has 18 heavy (non-hydrogen) atoms. The molecule has 0 bridgehead atoms. The molecule has 3 nitrogen and oxygen atoms in total. The molecule has 0 radical (unpaired) electrons. The van der Waals surface area contributed by atoms with E-state index in [1.165, 1.54) is 43.6 Å². The van der Waals surface area contributed by atoms with Crippen LogP contribution >= 0.6 is 11.3 Å². The van der Waals surface area contributed by atoms with Gasteiger partial charge in [0.05, 0.1) is 5.51 Å². The molecular formula is C14H25N3S. The van der Waals surface area contributed by atoms with E-state index in [0.29, 0.717) is 6.04 Å². The van der Waals surface area contributed by atoms with Gasteiger partial charge in [0, 0.05) is 17.1 Å². The first-order valence-corrected chi connectivity index (χ1v) is 8.01. The molecule has 0 aliphatic carbocycles. The topological polar surface area (TPSA) is 28.2 Å². The number of likely N-dealkylation sites (tertiary alicyclic amines) is 1. The molecular weight excluding hydrogens is 242 g/mol. The fourth-order valence-electron chi connectivity index (χ4n) is 3.11. The number of nitrogens with zero attached hydrogens (tertiary/aromatic N) is 2. The van der Waals surface area contributed by atoms with Crippen LogP contribution in [0.2, 0.25) is 0 Å². The first-order chi connectivity index (χ1) is 8.86. The molecule has 1 N–H and O–H groups in total. The molecule has 2 rings (SSSR count). The summed E-state index contributed by atoms with van der Waals surface area (Å²) in [6.45, 7) is 5.85. The summed E-state index contributed by atoms with van der Waals surface area (Å²) in [4.78, 5) is 8.42. The van der Waals surface area contributed by atoms with Crippen molar-refractivity contribution in [2.24, 2.45) is 5.92 Å². The second-order valence-electron chi connectivity index (χ2n) is 5.20. The van der Waals surface area contributed by atoms with Gasteiger partial charge in [-0.05, 0) is 51.9 Å². The van der Waals surface area contributed by atoms with Gasteiger partial charge in [-0.1, -0.05) is 13.3 Å². The monoisotopic (exact) mass is 267 g/mol. The Balaban J connectivity index is 2.21. The van der Waals surface area contributed by atoms with E-state index in [0.717, 1.165) is 12.5 Å². The van der Waals surface area contributed by atoms with Crippen molar-refractivity contribution in [1.29, 1.82) is 0 Å². The Morgan fingerprint density at radius 2 is 2.39 bits per heavy atom. The lowest BCUT2D eigenvalue weighted by Crippen LogP contribution is -2.36. The molecule has 0 spiro atoms. The van der Waals surface area contributed by atoms with E-state index >= 15 is 0 Å². The van der Waals surface area contributed by atoms with E-state index in [2.05, 4.69) is 35.4 Å². The second-order valence-corrected chi connectivity index (χ2v) is 6.12. The normalized spacial score (nSPS) is 26.1.